The minimum Gasteiger partial charge on any atom is -0.419 e. The van der Waals surface area contributed by atoms with Gasteiger partial charge in [0, 0.05) is 22.2 Å². The predicted octanol–water partition coefficient (Wildman–Crippen LogP) is 5.49. The molecule has 6 nitrogen and oxygen atoms in total. The number of amides is 1. The Kier molecular flexibility index (Phi) is 5.59. The summed E-state index contributed by atoms with van der Waals surface area (Å²) >= 11 is 7.30. The average Bonchev–Trinajstić information content (AvgIpc) is 3.30. The van der Waals surface area contributed by atoms with Crippen LogP contribution in [-0.2, 0) is 6.54 Å². The Morgan fingerprint density at radius 3 is 2.44 bits per heavy atom. The van der Waals surface area contributed by atoms with Crippen molar-refractivity contribution in [1.82, 2.24) is 15.1 Å². The molecule has 0 unspecified atom stereocenters. The first-order chi connectivity index (χ1) is 15.6. The van der Waals surface area contributed by atoms with Gasteiger partial charge in [-0.25, -0.2) is 0 Å². The van der Waals surface area contributed by atoms with Crippen molar-refractivity contribution in [2.24, 2.45) is 0 Å². The molecular weight excluding hydrogens is 446 g/mol. The van der Waals surface area contributed by atoms with Crippen LogP contribution >= 0.6 is 22.9 Å². The van der Waals surface area contributed by atoms with Crippen LogP contribution in [0.4, 0.5) is 0 Å². The summed E-state index contributed by atoms with van der Waals surface area (Å²) in [5.74, 6) is 0.354. The van der Waals surface area contributed by atoms with Crippen LogP contribution in [0.15, 0.2) is 70.5 Å². The normalized spacial score (nSPS) is 13.2. The molecule has 0 spiro atoms. The lowest BCUT2D eigenvalue weighted by atomic mass is 10.0. The molecule has 5 rings (SSSR count). The second kappa shape index (κ2) is 8.68. The van der Waals surface area contributed by atoms with Gasteiger partial charge in [-0.3, -0.25) is 9.59 Å². The second-order valence-corrected chi connectivity index (χ2v) is 8.91. The highest BCUT2D eigenvalue weighted by atomic mass is 35.5. The molecular formula is C24H18ClN3O3S. The molecule has 1 saturated carbocycles. The first-order valence-electron chi connectivity index (χ1n) is 10.2. The van der Waals surface area contributed by atoms with E-state index in [2.05, 4.69) is 10.2 Å². The highest BCUT2D eigenvalue weighted by Crippen LogP contribution is 2.31. The number of carbonyl (C=O) groups is 2. The van der Waals surface area contributed by atoms with E-state index in [-0.39, 0.29) is 24.3 Å². The number of halogens is 1. The van der Waals surface area contributed by atoms with Gasteiger partial charge in [0.15, 0.2) is 0 Å². The molecule has 32 heavy (non-hydrogen) atoms. The molecule has 4 aromatic rings. The van der Waals surface area contributed by atoms with Crippen molar-refractivity contribution >= 4 is 34.6 Å². The zero-order chi connectivity index (χ0) is 22.1. The number of hydrogen-bond acceptors (Lipinski definition) is 6. The van der Waals surface area contributed by atoms with Crippen LogP contribution in [-0.4, -0.2) is 32.8 Å². The minimum atomic E-state index is -0.209. The first kappa shape index (κ1) is 20.6. The number of hydrogen-bond donors (Lipinski definition) is 0. The van der Waals surface area contributed by atoms with E-state index in [1.54, 1.807) is 59.5 Å². The number of benzene rings is 2. The molecule has 160 valence electrons. The van der Waals surface area contributed by atoms with Crippen LogP contribution in [0.5, 0.6) is 0 Å². The Hall–Kier alpha value is -3.29. The summed E-state index contributed by atoms with van der Waals surface area (Å²) in [6, 6.07) is 17.7. The van der Waals surface area contributed by atoms with Crippen LogP contribution in [0.2, 0.25) is 5.02 Å². The third-order valence-electron chi connectivity index (χ3n) is 5.26. The van der Waals surface area contributed by atoms with E-state index in [9.17, 15) is 9.59 Å². The number of carbonyl (C=O) groups excluding carboxylic acids is 2. The van der Waals surface area contributed by atoms with Gasteiger partial charge in [0.1, 0.15) is 0 Å². The molecule has 1 fully saturated rings. The molecule has 2 heterocycles. The van der Waals surface area contributed by atoms with Crippen LogP contribution in [0.1, 0.15) is 44.3 Å². The summed E-state index contributed by atoms with van der Waals surface area (Å²) in [6.07, 6.45) is 1.82. The fourth-order valence-corrected chi connectivity index (χ4v) is 4.29. The molecule has 0 aliphatic heterocycles. The summed E-state index contributed by atoms with van der Waals surface area (Å²) in [4.78, 5) is 28.8. The van der Waals surface area contributed by atoms with Gasteiger partial charge in [0.05, 0.1) is 17.0 Å². The van der Waals surface area contributed by atoms with Crippen LogP contribution in [0, 0.1) is 0 Å². The van der Waals surface area contributed by atoms with Gasteiger partial charge >= 0.3 is 0 Å². The summed E-state index contributed by atoms with van der Waals surface area (Å²) in [5.41, 5.74) is 1.54. The maximum atomic E-state index is 13.5. The van der Waals surface area contributed by atoms with E-state index in [1.807, 2.05) is 11.4 Å². The summed E-state index contributed by atoms with van der Waals surface area (Å²) in [5, 5.41) is 10.7. The molecule has 1 aliphatic carbocycles. The van der Waals surface area contributed by atoms with Gasteiger partial charge in [-0.05, 0) is 54.6 Å². The molecule has 0 saturated heterocycles. The molecule has 0 bridgehead atoms. The average molecular weight is 464 g/mol. The SMILES string of the molecule is O=C(c1cccs1)c1ccccc1C(=O)N(Cc1nnc(-c2ccc(Cl)cc2)o1)C1CC1. The van der Waals surface area contributed by atoms with Crippen LogP contribution in [0.25, 0.3) is 11.5 Å². The number of thiophene rings is 1. The van der Waals surface area contributed by atoms with E-state index in [0.717, 1.165) is 18.4 Å². The molecule has 0 atom stereocenters. The molecule has 0 N–H and O–H groups in total. The monoisotopic (exact) mass is 463 g/mol. The van der Waals surface area contributed by atoms with E-state index < -0.39 is 0 Å². The fraction of sp³-hybridized carbons (Fsp3) is 0.167. The number of ketones is 1. The van der Waals surface area contributed by atoms with E-state index in [0.29, 0.717) is 32.8 Å². The molecule has 0 radical (unpaired) electrons. The Morgan fingerprint density at radius 1 is 1.00 bits per heavy atom. The number of aromatic nitrogens is 2. The van der Waals surface area contributed by atoms with Crippen molar-refractivity contribution in [3.63, 3.8) is 0 Å². The molecule has 2 aromatic heterocycles. The third-order valence-corrected chi connectivity index (χ3v) is 6.38. The lowest BCUT2D eigenvalue weighted by molar-refractivity contribution is 0.0711. The zero-order valence-corrected chi connectivity index (χ0v) is 18.5. The minimum absolute atomic E-state index is 0.0956. The van der Waals surface area contributed by atoms with Crippen molar-refractivity contribution < 1.29 is 14.0 Å². The van der Waals surface area contributed by atoms with E-state index in [1.165, 1.54) is 11.3 Å². The Bertz CT molecular complexity index is 1260. The molecule has 1 amide bonds. The standard InChI is InChI=1S/C24H18ClN3O3S/c25-16-9-7-15(8-10-16)23-27-26-21(31-23)14-28(17-11-12-17)24(30)19-5-2-1-4-18(19)22(29)20-6-3-13-32-20/h1-10,13,17H,11-12,14H2. The van der Waals surface area contributed by atoms with Gasteiger partial charge < -0.3 is 9.32 Å². The highest BCUT2D eigenvalue weighted by Gasteiger charge is 2.35. The van der Waals surface area contributed by atoms with Crippen LogP contribution < -0.4 is 0 Å². The van der Waals surface area contributed by atoms with Gasteiger partial charge in [-0.1, -0.05) is 35.9 Å². The molecule has 8 heteroatoms. The lowest BCUT2D eigenvalue weighted by Gasteiger charge is -2.21. The van der Waals surface area contributed by atoms with Crippen LogP contribution in [0.3, 0.4) is 0 Å². The van der Waals surface area contributed by atoms with Crippen molar-refractivity contribution in [2.75, 3.05) is 0 Å². The highest BCUT2D eigenvalue weighted by molar-refractivity contribution is 7.12. The number of nitrogens with zero attached hydrogens (tertiary/aromatic N) is 3. The predicted molar refractivity (Wildman–Crippen MR) is 122 cm³/mol. The van der Waals surface area contributed by atoms with Crippen molar-refractivity contribution in [3.05, 3.63) is 93.0 Å². The topological polar surface area (TPSA) is 76.3 Å². The van der Waals surface area contributed by atoms with Crippen molar-refractivity contribution in [3.8, 4) is 11.5 Å². The number of rotatable bonds is 7. The summed E-state index contributed by atoms with van der Waals surface area (Å²) < 4.78 is 5.82. The quantitative estimate of drug-likeness (QED) is 0.339. The summed E-state index contributed by atoms with van der Waals surface area (Å²) in [7, 11) is 0. The maximum Gasteiger partial charge on any atom is 0.255 e. The zero-order valence-electron chi connectivity index (χ0n) is 16.9. The van der Waals surface area contributed by atoms with E-state index >= 15 is 0 Å². The maximum absolute atomic E-state index is 13.5. The smallest absolute Gasteiger partial charge is 0.255 e. The Balaban J connectivity index is 1.41. The third kappa shape index (κ3) is 4.22. The van der Waals surface area contributed by atoms with Gasteiger partial charge in [0.2, 0.25) is 17.6 Å². The van der Waals surface area contributed by atoms with E-state index in [4.69, 9.17) is 16.0 Å². The Labute approximate surface area is 193 Å². The van der Waals surface area contributed by atoms with Crippen molar-refractivity contribution in [1.29, 1.82) is 0 Å². The Morgan fingerprint density at radius 2 is 1.75 bits per heavy atom. The van der Waals surface area contributed by atoms with Crippen molar-refractivity contribution in [2.45, 2.75) is 25.4 Å². The summed E-state index contributed by atoms with van der Waals surface area (Å²) in [6.45, 7) is 0.186. The van der Waals surface area contributed by atoms with Gasteiger partial charge in [-0.2, -0.15) is 0 Å². The lowest BCUT2D eigenvalue weighted by Crippen LogP contribution is -2.33. The fourth-order valence-electron chi connectivity index (χ4n) is 3.49. The molecule has 1 aliphatic rings. The molecule has 2 aromatic carbocycles. The second-order valence-electron chi connectivity index (χ2n) is 7.52. The first-order valence-corrected chi connectivity index (χ1v) is 11.4. The van der Waals surface area contributed by atoms with Gasteiger partial charge in [0.25, 0.3) is 5.91 Å². The largest absolute Gasteiger partial charge is 0.419 e. The van der Waals surface area contributed by atoms with Gasteiger partial charge in [-0.15, -0.1) is 21.5 Å².